The van der Waals surface area contributed by atoms with Crippen LogP contribution in [0.4, 0.5) is 0 Å². The molecule has 1 saturated heterocycles. The van der Waals surface area contributed by atoms with Crippen LogP contribution in [-0.4, -0.2) is 6.61 Å². The molecule has 2 aromatic rings. The second kappa shape index (κ2) is 8.81. The van der Waals surface area contributed by atoms with Gasteiger partial charge in [0.1, 0.15) is 0 Å². The number of hydrogen-bond acceptors (Lipinski definition) is 1. The molecule has 0 saturated carbocycles. The van der Waals surface area contributed by atoms with E-state index in [9.17, 15) is 0 Å². The molecule has 0 N–H and O–H groups in total. The Hall–Kier alpha value is -0.397. The zero-order valence-corrected chi connectivity index (χ0v) is 17.7. The second-order valence-electron chi connectivity index (χ2n) is 6.27. The van der Waals surface area contributed by atoms with Crippen LogP contribution in [0.3, 0.4) is 0 Å². The van der Waals surface area contributed by atoms with Gasteiger partial charge in [0.25, 0.3) is 0 Å². The van der Waals surface area contributed by atoms with Gasteiger partial charge in [0, 0.05) is 0 Å². The molecule has 1 atom stereocenters. The molecule has 24 heavy (non-hydrogen) atoms. The molecule has 2 aliphatic rings. The molecule has 1 aliphatic carbocycles. The van der Waals surface area contributed by atoms with Crippen molar-refractivity contribution >= 4 is 6.08 Å². The molecule has 0 radical (unpaired) electrons. The Balaban J connectivity index is 0.00000104. The van der Waals surface area contributed by atoms with Gasteiger partial charge in [-0.3, -0.25) is 0 Å². The van der Waals surface area contributed by atoms with Crippen molar-refractivity contribution in [3.05, 3.63) is 65.2 Å². The molecule has 125 valence electrons. The number of allylic oxidation sites excluding steroid dienone is 1. The zero-order valence-electron chi connectivity index (χ0n) is 13.8. The fourth-order valence-electron chi connectivity index (χ4n) is 3.75. The first-order valence-corrected chi connectivity index (χ1v) is 12.4. The second-order valence-corrected chi connectivity index (χ2v) is 11.9. The van der Waals surface area contributed by atoms with Gasteiger partial charge < -0.3 is 24.8 Å². The van der Waals surface area contributed by atoms with Crippen LogP contribution in [0.25, 0.3) is 17.2 Å². The van der Waals surface area contributed by atoms with E-state index in [1.165, 1.54) is 44.8 Å². The third kappa shape index (κ3) is 3.73. The number of benzene rings is 2. The summed E-state index contributed by atoms with van der Waals surface area (Å²) in [6, 6.07) is 17.6. The summed E-state index contributed by atoms with van der Waals surface area (Å²) < 4.78 is 8.31. The number of fused-ring (bicyclic) bond motifs is 1. The normalized spacial score (nSPS) is 19.0. The quantitative estimate of drug-likeness (QED) is 0.618. The summed E-state index contributed by atoms with van der Waals surface area (Å²) in [4.78, 5) is 0. The van der Waals surface area contributed by atoms with Crippen LogP contribution in [-0.2, 0) is 25.0 Å². The van der Waals surface area contributed by atoms with E-state index in [1.54, 1.807) is 0 Å². The minimum atomic E-state index is -1.79. The smallest absolute Gasteiger partial charge is 1.00 e. The van der Waals surface area contributed by atoms with Gasteiger partial charge in [-0.1, -0.05) is 0 Å². The van der Waals surface area contributed by atoms with Gasteiger partial charge in [0.15, 0.2) is 0 Å². The predicted octanol–water partition coefficient (Wildman–Crippen LogP) is -0.418. The van der Waals surface area contributed by atoms with E-state index < -0.39 is 22.2 Å². The van der Waals surface area contributed by atoms with E-state index >= 15 is 0 Å². The van der Waals surface area contributed by atoms with Crippen molar-refractivity contribution in [1.82, 2.24) is 0 Å². The number of rotatable bonds is 2. The van der Waals surface area contributed by atoms with Crippen molar-refractivity contribution in [2.75, 3.05) is 6.61 Å². The molecule has 0 amide bonds. The maximum absolute atomic E-state index is 6.29. The standard InChI is InChI=1S/C16H13.C4H8O.2ClH.Zr/c1-12-10-14-8-5-9-15(16(14)11-12)13-6-3-2-4-7-13;1-2-3-4-5;;;/h2-11H,1H3;1-4H2;2*1H;/q;-1;;;+3/p-2. The Morgan fingerprint density at radius 3 is 2.46 bits per heavy atom. The fourth-order valence-corrected chi connectivity index (χ4v) is 10.6. The van der Waals surface area contributed by atoms with Crippen LogP contribution in [0.2, 0.25) is 4.13 Å². The van der Waals surface area contributed by atoms with Gasteiger partial charge in [0.05, 0.1) is 0 Å². The molecule has 1 heterocycles. The van der Waals surface area contributed by atoms with E-state index in [1.807, 2.05) is 0 Å². The SMILES string of the molecule is CC1=Cc2c(-c3ccccc3)cccc2[CH]1[Zr+2]1[CH2]CCC[O]1.[Cl-].[Cl-]. The molecule has 0 spiro atoms. The number of halogens is 2. The van der Waals surface area contributed by atoms with Crippen LogP contribution in [0.5, 0.6) is 0 Å². The Labute approximate surface area is 165 Å². The number of hydrogen-bond donors (Lipinski definition) is 0. The summed E-state index contributed by atoms with van der Waals surface area (Å²) in [7, 11) is 0. The summed E-state index contributed by atoms with van der Waals surface area (Å²) in [5, 5.41) is 0. The predicted molar refractivity (Wildman–Crippen MR) is 88.3 cm³/mol. The molecule has 4 rings (SSSR count). The summed E-state index contributed by atoms with van der Waals surface area (Å²) >= 11 is -1.79. The minimum Gasteiger partial charge on any atom is -1.00 e. The third-order valence-electron chi connectivity index (χ3n) is 4.79. The van der Waals surface area contributed by atoms with E-state index in [2.05, 4.69) is 61.5 Å². The van der Waals surface area contributed by atoms with Gasteiger partial charge in [-0.2, -0.15) is 0 Å². The third-order valence-corrected chi connectivity index (χ3v) is 11.8. The van der Waals surface area contributed by atoms with Crippen molar-refractivity contribution < 1.29 is 49.8 Å². The van der Waals surface area contributed by atoms with Gasteiger partial charge in [-0.05, 0) is 0 Å². The van der Waals surface area contributed by atoms with Crippen molar-refractivity contribution in [3.8, 4) is 11.1 Å². The first-order chi connectivity index (χ1) is 10.8. The van der Waals surface area contributed by atoms with Crippen LogP contribution in [0.15, 0.2) is 54.1 Å². The maximum atomic E-state index is 6.29. The summed E-state index contributed by atoms with van der Waals surface area (Å²) in [5.41, 5.74) is 7.21. The van der Waals surface area contributed by atoms with E-state index in [4.69, 9.17) is 2.81 Å². The Bertz CT molecular complexity index is 709. The largest absolute Gasteiger partial charge is 1.00 e. The molecule has 1 aliphatic heterocycles. The van der Waals surface area contributed by atoms with Crippen LogP contribution >= 0.6 is 0 Å². The van der Waals surface area contributed by atoms with E-state index in [-0.39, 0.29) is 24.8 Å². The molecule has 4 heteroatoms. The zero-order chi connectivity index (χ0) is 14.9. The molecule has 1 fully saturated rings. The van der Waals surface area contributed by atoms with Crippen molar-refractivity contribution in [1.29, 1.82) is 0 Å². The Kier molecular flexibility index (Phi) is 7.31. The molecule has 1 nitrogen and oxygen atoms in total. The molecule has 1 unspecified atom stereocenters. The van der Waals surface area contributed by atoms with Gasteiger partial charge in [0.2, 0.25) is 0 Å². The van der Waals surface area contributed by atoms with Gasteiger partial charge in [-0.15, -0.1) is 0 Å². The molecular weight excluding hydrogens is 418 g/mol. The van der Waals surface area contributed by atoms with E-state index in [0.717, 1.165) is 6.61 Å². The minimum absolute atomic E-state index is 0. The molecular formula is C20H21Cl2OZr. The molecule has 0 bridgehead atoms. The summed E-state index contributed by atoms with van der Waals surface area (Å²) in [5.74, 6) is 0. The average molecular weight is 440 g/mol. The van der Waals surface area contributed by atoms with Crippen molar-refractivity contribution in [2.24, 2.45) is 0 Å². The van der Waals surface area contributed by atoms with Gasteiger partial charge in [-0.25, -0.2) is 0 Å². The maximum Gasteiger partial charge on any atom is -1.00 e. The Morgan fingerprint density at radius 1 is 0.958 bits per heavy atom. The van der Waals surface area contributed by atoms with Crippen LogP contribution in [0, 0.1) is 0 Å². The van der Waals surface area contributed by atoms with Gasteiger partial charge >= 0.3 is 142 Å². The van der Waals surface area contributed by atoms with Crippen molar-refractivity contribution in [3.63, 3.8) is 0 Å². The first-order valence-electron chi connectivity index (χ1n) is 8.19. The van der Waals surface area contributed by atoms with Crippen molar-refractivity contribution in [2.45, 2.75) is 27.5 Å². The topological polar surface area (TPSA) is 9.23 Å². The average Bonchev–Trinajstić information content (AvgIpc) is 2.92. The Morgan fingerprint density at radius 2 is 1.75 bits per heavy atom. The van der Waals surface area contributed by atoms with Crippen LogP contribution in [0.1, 0.15) is 34.5 Å². The van der Waals surface area contributed by atoms with Crippen LogP contribution < -0.4 is 24.8 Å². The first kappa shape index (κ1) is 19.9. The van der Waals surface area contributed by atoms with E-state index in [0.29, 0.717) is 3.63 Å². The fraction of sp³-hybridized carbons (Fsp3) is 0.300. The molecule has 0 aromatic heterocycles. The molecule has 2 aromatic carbocycles. The summed E-state index contributed by atoms with van der Waals surface area (Å²) in [6.45, 7) is 3.32. The summed E-state index contributed by atoms with van der Waals surface area (Å²) in [6.07, 6.45) is 5.07. The monoisotopic (exact) mass is 437 g/mol.